The van der Waals surface area contributed by atoms with Crippen LogP contribution in [0.1, 0.15) is 22.7 Å². The van der Waals surface area contributed by atoms with E-state index < -0.39 is 0 Å². The van der Waals surface area contributed by atoms with E-state index in [2.05, 4.69) is 15.1 Å². The van der Waals surface area contributed by atoms with Crippen LogP contribution in [0.4, 0.5) is 0 Å². The lowest BCUT2D eigenvalue weighted by atomic mass is 10.2. The quantitative estimate of drug-likeness (QED) is 0.508. The second-order valence-corrected chi connectivity index (χ2v) is 7.84. The molecule has 4 aromatic rings. The maximum Gasteiger partial charge on any atom is 0.189 e. The summed E-state index contributed by atoms with van der Waals surface area (Å²) in [5.41, 5.74) is 2.25. The number of fused-ring (bicyclic) bond motifs is 5. The van der Waals surface area contributed by atoms with Gasteiger partial charge in [-0.25, -0.2) is 14.5 Å². The molecule has 0 unspecified atom stereocenters. The SMILES string of the molecule is Clc1ccc(OCc2nc3c4c5c(sc4ncn3n2)CCC5)cc1Cl. The molecule has 0 N–H and O–H groups in total. The fourth-order valence-electron chi connectivity index (χ4n) is 3.21. The molecule has 0 atom stereocenters. The van der Waals surface area contributed by atoms with E-state index in [4.69, 9.17) is 27.9 Å². The highest BCUT2D eigenvalue weighted by molar-refractivity contribution is 7.19. The van der Waals surface area contributed by atoms with Crippen molar-refractivity contribution in [2.75, 3.05) is 0 Å². The van der Waals surface area contributed by atoms with Crippen molar-refractivity contribution in [2.24, 2.45) is 0 Å². The molecule has 0 saturated carbocycles. The Morgan fingerprint density at radius 2 is 2.12 bits per heavy atom. The fourth-order valence-corrected chi connectivity index (χ4v) is 4.72. The zero-order valence-electron chi connectivity index (χ0n) is 13.0. The first-order chi connectivity index (χ1) is 12.2. The van der Waals surface area contributed by atoms with Crippen LogP contribution in [0.2, 0.25) is 10.0 Å². The van der Waals surface area contributed by atoms with E-state index in [1.165, 1.54) is 16.9 Å². The van der Waals surface area contributed by atoms with Gasteiger partial charge < -0.3 is 4.74 Å². The minimum atomic E-state index is 0.257. The highest BCUT2D eigenvalue weighted by Crippen LogP contribution is 2.37. The Balaban J connectivity index is 1.50. The van der Waals surface area contributed by atoms with E-state index in [-0.39, 0.29) is 6.61 Å². The van der Waals surface area contributed by atoms with Crippen LogP contribution in [0.5, 0.6) is 5.75 Å². The highest BCUT2D eigenvalue weighted by Gasteiger charge is 2.21. The van der Waals surface area contributed by atoms with Crippen LogP contribution in [0.15, 0.2) is 24.5 Å². The van der Waals surface area contributed by atoms with Gasteiger partial charge in [-0.3, -0.25) is 0 Å². The van der Waals surface area contributed by atoms with Gasteiger partial charge in [0.1, 0.15) is 23.5 Å². The first-order valence-electron chi connectivity index (χ1n) is 7.91. The van der Waals surface area contributed by atoms with Crippen molar-refractivity contribution in [3.63, 3.8) is 0 Å². The number of hydrogen-bond acceptors (Lipinski definition) is 5. The molecule has 25 heavy (non-hydrogen) atoms. The van der Waals surface area contributed by atoms with E-state index in [9.17, 15) is 0 Å². The lowest BCUT2D eigenvalue weighted by molar-refractivity contribution is 0.296. The summed E-state index contributed by atoms with van der Waals surface area (Å²) in [4.78, 5) is 11.7. The minimum absolute atomic E-state index is 0.257. The predicted octanol–water partition coefficient (Wildman–Crippen LogP) is 4.71. The summed E-state index contributed by atoms with van der Waals surface area (Å²) in [6, 6.07) is 5.17. The molecule has 0 fully saturated rings. The molecule has 5 nitrogen and oxygen atoms in total. The molecule has 3 heterocycles. The lowest BCUT2D eigenvalue weighted by Gasteiger charge is -2.04. The van der Waals surface area contributed by atoms with Gasteiger partial charge in [0.05, 0.1) is 15.4 Å². The molecule has 0 saturated heterocycles. The summed E-state index contributed by atoms with van der Waals surface area (Å²) in [6.45, 7) is 0.257. The first kappa shape index (κ1) is 15.4. The number of ether oxygens (including phenoxy) is 1. The first-order valence-corrected chi connectivity index (χ1v) is 9.48. The second kappa shape index (κ2) is 5.83. The number of benzene rings is 1. The molecular formula is C17H12Cl2N4OS. The largest absolute Gasteiger partial charge is 0.485 e. The molecule has 0 aliphatic heterocycles. The molecule has 0 amide bonds. The van der Waals surface area contributed by atoms with E-state index in [0.29, 0.717) is 21.6 Å². The van der Waals surface area contributed by atoms with Crippen LogP contribution >= 0.6 is 34.5 Å². The minimum Gasteiger partial charge on any atom is -0.485 e. The van der Waals surface area contributed by atoms with Crippen molar-refractivity contribution in [2.45, 2.75) is 25.9 Å². The van der Waals surface area contributed by atoms with Gasteiger partial charge in [-0.1, -0.05) is 23.2 Å². The third-order valence-corrected chi connectivity index (χ3v) is 6.28. The van der Waals surface area contributed by atoms with Crippen molar-refractivity contribution < 1.29 is 4.74 Å². The molecule has 0 radical (unpaired) electrons. The van der Waals surface area contributed by atoms with Crippen molar-refractivity contribution in [1.82, 2.24) is 19.6 Å². The zero-order chi connectivity index (χ0) is 17.0. The van der Waals surface area contributed by atoms with Gasteiger partial charge in [0.2, 0.25) is 0 Å². The maximum absolute atomic E-state index is 6.01. The van der Waals surface area contributed by atoms with Crippen LogP contribution in [0.25, 0.3) is 15.9 Å². The highest BCUT2D eigenvalue weighted by atomic mass is 35.5. The van der Waals surface area contributed by atoms with Gasteiger partial charge in [-0.2, -0.15) is 0 Å². The number of hydrogen-bond donors (Lipinski definition) is 0. The van der Waals surface area contributed by atoms with Crippen molar-refractivity contribution >= 4 is 50.4 Å². The van der Waals surface area contributed by atoms with Crippen LogP contribution in [0, 0.1) is 0 Å². The molecule has 0 spiro atoms. The Hall–Kier alpha value is -1.89. The maximum atomic E-state index is 6.01. The molecule has 1 aliphatic rings. The van der Waals surface area contributed by atoms with Gasteiger partial charge in [0.15, 0.2) is 11.5 Å². The smallest absolute Gasteiger partial charge is 0.189 e. The summed E-state index contributed by atoms with van der Waals surface area (Å²) in [7, 11) is 0. The van der Waals surface area contributed by atoms with E-state index >= 15 is 0 Å². The zero-order valence-corrected chi connectivity index (χ0v) is 15.3. The normalized spacial score (nSPS) is 13.7. The average molecular weight is 391 g/mol. The number of aryl methyl sites for hydroxylation is 2. The standard InChI is InChI=1S/C17H12Cl2N4OS/c18-11-5-4-9(6-12(11)19)24-7-14-21-16-15-10-2-1-3-13(10)25-17(15)20-8-23(16)22-14/h4-6,8H,1-3,7H2. The number of aromatic nitrogens is 4. The molecule has 1 aliphatic carbocycles. The van der Waals surface area contributed by atoms with Crippen molar-refractivity contribution in [3.05, 3.63) is 50.8 Å². The van der Waals surface area contributed by atoms with Crippen molar-refractivity contribution in [3.8, 4) is 5.75 Å². The molecule has 126 valence electrons. The molecule has 3 aromatic heterocycles. The van der Waals surface area contributed by atoms with Gasteiger partial charge >= 0.3 is 0 Å². The summed E-state index contributed by atoms with van der Waals surface area (Å²) in [5, 5.41) is 6.59. The fraction of sp³-hybridized carbons (Fsp3) is 0.235. The summed E-state index contributed by atoms with van der Waals surface area (Å²) in [6.07, 6.45) is 5.17. The van der Waals surface area contributed by atoms with Crippen LogP contribution in [0.3, 0.4) is 0 Å². The molecule has 1 aromatic carbocycles. The Morgan fingerprint density at radius 3 is 3.00 bits per heavy atom. The Kier molecular flexibility index (Phi) is 3.58. The van der Waals surface area contributed by atoms with Crippen LogP contribution in [-0.2, 0) is 19.4 Å². The topological polar surface area (TPSA) is 52.3 Å². The molecule has 0 bridgehead atoms. The number of halogens is 2. The van der Waals surface area contributed by atoms with Gasteiger partial charge in [-0.15, -0.1) is 16.4 Å². The van der Waals surface area contributed by atoms with Gasteiger partial charge in [0, 0.05) is 10.9 Å². The van der Waals surface area contributed by atoms with E-state index in [1.807, 2.05) is 0 Å². The van der Waals surface area contributed by atoms with Crippen LogP contribution < -0.4 is 4.74 Å². The third kappa shape index (κ3) is 2.56. The molecular weight excluding hydrogens is 379 g/mol. The summed E-state index contributed by atoms with van der Waals surface area (Å²) < 4.78 is 7.48. The summed E-state index contributed by atoms with van der Waals surface area (Å²) in [5.74, 6) is 1.24. The Labute approximate surface area is 157 Å². The number of thiophene rings is 1. The Bertz CT molecular complexity index is 1120. The molecule has 8 heteroatoms. The monoisotopic (exact) mass is 390 g/mol. The van der Waals surface area contributed by atoms with Crippen molar-refractivity contribution in [1.29, 1.82) is 0 Å². The predicted molar refractivity (Wildman–Crippen MR) is 99.0 cm³/mol. The third-order valence-electron chi connectivity index (χ3n) is 4.34. The Morgan fingerprint density at radius 1 is 1.20 bits per heavy atom. The molecule has 5 rings (SSSR count). The number of rotatable bonds is 3. The van der Waals surface area contributed by atoms with Gasteiger partial charge in [-0.05, 0) is 37.0 Å². The number of nitrogens with zero attached hydrogens (tertiary/aromatic N) is 4. The van der Waals surface area contributed by atoms with Gasteiger partial charge in [0.25, 0.3) is 0 Å². The van der Waals surface area contributed by atoms with E-state index in [1.54, 1.807) is 40.4 Å². The summed E-state index contributed by atoms with van der Waals surface area (Å²) >= 11 is 13.7. The lowest BCUT2D eigenvalue weighted by Crippen LogP contribution is -1.98. The second-order valence-electron chi connectivity index (χ2n) is 5.94. The van der Waals surface area contributed by atoms with Crippen LogP contribution in [-0.4, -0.2) is 19.6 Å². The van der Waals surface area contributed by atoms with E-state index in [0.717, 1.165) is 28.7 Å². The average Bonchev–Trinajstić information content (AvgIpc) is 3.28.